The molecule has 0 atom stereocenters. The number of carboxylic acid groups (broad SMARTS) is 1. The van der Waals surface area contributed by atoms with Crippen LogP contribution in [0.25, 0.3) is 11.3 Å². The summed E-state index contributed by atoms with van der Waals surface area (Å²) in [6, 6.07) is 6.60. The van der Waals surface area contributed by atoms with Crippen LogP contribution in [-0.4, -0.2) is 28.5 Å². The number of methoxy groups -OCH3 is 1. The minimum absolute atomic E-state index is 0.0395. The first-order valence-corrected chi connectivity index (χ1v) is 6.27. The number of esters is 1. The first kappa shape index (κ1) is 13.5. The van der Waals surface area contributed by atoms with Gasteiger partial charge in [-0.2, -0.15) is 4.37 Å². The Morgan fingerprint density at radius 1 is 1.32 bits per heavy atom. The molecule has 1 heterocycles. The van der Waals surface area contributed by atoms with Crippen LogP contribution < -0.4 is 0 Å². The fourth-order valence-electron chi connectivity index (χ4n) is 1.53. The SMILES string of the molecule is COC(=O)c1c(-c2ccc(Cl)cc2)nsc1C(=O)O. The van der Waals surface area contributed by atoms with Gasteiger partial charge >= 0.3 is 11.9 Å². The van der Waals surface area contributed by atoms with Crippen molar-refractivity contribution in [2.24, 2.45) is 0 Å². The summed E-state index contributed by atoms with van der Waals surface area (Å²) < 4.78 is 8.63. The molecule has 0 aliphatic heterocycles. The highest BCUT2D eigenvalue weighted by Crippen LogP contribution is 2.29. The predicted molar refractivity (Wildman–Crippen MR) is 70.9 cm³/mol. The van der Waals surface area contributed by atoms with Gasteiger partial charge in [-0.25, -0.2) is 9.59 Å². The molecule has 2 aromatic rings. The quantitative estimate of drug-likeness (QED) is 0.881. The second-order valence-electron chi connectivity index (χ2n) is 3.54. The van der Waals surface area contributed by atoms with E-state index in [4.69, 9.17) is 16.7 Å². The Kier molecular flexibility index (Phi) is 3.82. The number of benzene rings is 1. The topological polar surface area (TPSA) is 76.5 Å². The molecule has 0 fully saturated rings. The fourth-order valence-corrected chi connectivity index (χ4v) is 2.39. The van der Waals surface area contributed by atoms with Gasteiger partial charge in [-0.05, 0) is 23.7 Å². The van der Waals surface area contributed by atoms with E-state index in [9.17, 15) is 9.59 Å². The molecule has 1 aromatic heterocycles. The van der Waals surface area contributed by atoms with E-state index in [-0.39, 0.29) is 16.1 Å². The summed E-state index contributed by atoms with van der Waals surface area (Å²) in [5.41, 5.74) is 0.849. The van der Waals surface area contributed by atoms with Gasteiger partial charge < -0.3 is 9.84 Å². The Morgan fingerprint density at radius 2 is 1.95 bits per heavy atom. The van der Waals surface area contributed by atoms with E-state index in [1.54, 1.807) is 24.3 Å². The average Bonchev–Trinajstić information content (AvgIpc) is 2.83. The smallest absolute Gasteiger partial charge is 0.348 e. The first-order chi connectivity index (χ1) is 9.04. The predicted octanol–water partition coefficient (Wildman–Crippen LogP) is 2.95. The third-order valence-corrected chi connectivity index (χ3v) is 3.48. The van der Waals surface area contributed by atoms with Crippen LogP contribution in [-0.2, 0) is 4.74 Å². The normalized spacial score (nSPS) is 10.2. The zero-order chi connectivity index (χ0) is 14.0. The van der Waals surface area contributed by atoms with Crippen molar-refractivity contribution in [1.82, 2.24) is 4.37 Å². The molecule has 5 nitrogen and oxygen atoms in total. The van der Waals surface area contributed by atoms with Gasteiger partial charge in [-0.1, -0.05) is 23.7 Å². The van der Waals surface area contributed by atoms with E-state index in [0.29, 0.717) is 10.6 Å². The number of hydrogen-bond acceptors (Lipinski definition) is 5. The molecular formula is C12H8ClNO4S. The summed E-state index contributed by atoms with van der Waals surface area (Å²) in [6.07, 6.45) is 0. The third kappa shape index (κ3) is 2.59. The minimum atomic E-state index is -1.21. The maximum atomic E-state index is 11.7. The molecule has 0 unspecified atom stereocenters. The molecule has 0 saturated carbocycles. The van der Waals surface area contributed by atoms with Crippen molar-refractivity contribution in [3.63, 3.8) is 0 Å². The molecule has 98 valence electrons. The van der Waals surface area contributed by atoms with Gasteiger partial charge in [0.1, 0.15) is 10.4 Å². The molecule has 0 saturated heterocycles. The number of rotatable bonds is 3. The van der Waals surface area contributed by atoms with Crippen LogP contribution in [0.4, 0.5) is 0 Å². The average molecular weight is 298 g/mol. The van der Waals surface area contributed by atoms with Crippen molar-refractivity contribution >= 4 is 35.1 Å². The summed E-state index contributed by atoms with van der Waals surface area (Å²) in [5.74, 6) is -1.94. The van der Waals surface area contributed by atoms with Gasteiger partial charge in [-0.3, -0.25) is 0 Å². The van der Waals surface area contributed by atoms with Gasteiger partial charge in [0.25, 0.3) is 0 Å². The van der Waals surface area contributed by atoms with Crippen LogP contribution in [0.3, 0.4) is 0 Å². The van der Waals surface area contributed by atoms with Gasteiger partial charge in [0.05, 0.1) is 12.8 Å². The molecule has 0 amide bonds. The van der Waals surface area contributed by atoms with Crippen LogP contribution in [0.1, 0.15) is 20.0 Å². The summed E-state index contributed by atoms with van der Waals surface area (Å²) in [7, 11) is 1.19. The maximum Gasteiger partial charge on any atom is 0.348 e. The zero-order valence-corrected chi connectivity index (χ0v) is 11.3. The highest BCUT2D eigenvalue weighted by atomic mass is 35.5. The Morgan fingerprint density at radius 3 is 2.47 bits per heavy atom. The lowest BCUT2D eigenvalue weighted by Crippen LogP contribution is -2.08. The van der Waals surface area contributed by atoms with E-state index in [1.165, 1.54) is 7.11 Å². The summed E-state index contributed by atoms with van der Waals surface area (Å²) in [4.78, 5) is 22.7. The number of carbonyl (C=O) groups excluding carboxylic acids is 1. The summed E-state index contributed by atoms with van der Waals surface area (Å²) in [6.45, 7) is 0. The number of ether oxygens (including phenoxy) is 1. The van der Waals surface area contributed by atoms with E-state index in [0.717, 1.165) is 11.5 Å². The number of carboxylic acids is 1. The molecule has 19 heavy (non-hydrogen) atoms. The second-order valence-corrected chi connectivity index (χ2v) is 4.75. The number of carbonyl (C=O) groups is 2. The van der Waals surface area contributed by atoms with Crippen molar-refractivity contribution < 1.29 is 19.4 Å². The monoisotopic (exact) mass is 297 g/mol. The summed E-state index contributed by atoms with van der Waals surface area (Å²) in [5, 5.41) is 9.59. The van der Waals surface area contributed by atoms with Crippen molar-refractivity contribution in [3.05, 3.63) is 39.7 Å². The molecule has 0 radical (unpaired) electrons. The molecule has 1 aromatic carbocycles. The fraction of sp³-hybridized carbons (Fsp3) is 0.0833. The highest BCUT2D eigenvalue weighted by molar-refractivity contribution is 7.08. The van der Waals surface area contributed by atoms with E-state index in [2.05, 4.69) is 9.11 Å². The molecule has 0 aliphatic carbocycles. The molecule has 7 heteroatoms. The lowest BCUT2D eigenvalue weighted by molar-refractivity contribution is 0.0586. The highest BCUT2D eigenvalue weighted by Gasteiger charge is 2.26. The molecule has 0 bridgehead atoms. The molecule has 2 rings (SSSR count). The molecule has 1 N–H and O–H groups in total. The van der Waals surface area contributed by atoms with Crippen LogP contribution in [0.15, 0.2) is 24.3 Å². The van der Waals surface area contributed by atoms with E-state index in [1.807, 2.05) is 0 Å². The number of hydrogen-bond donors (Lipinski definition) is 1. The Bertz CT molecular complexity index is 636. The van der Waals surface area contributed by atoms with Crippen molar-refractivity contribution in [2.45, 2.75) is 0 Å². The first-order valence-electron chi connectivity index (χ1n) is 5.11. The van der Waals surface area contributed by atoms with Gasteiger partial charge in [0, 0.05) is 10.6 Å². The summed E-state index contributed by atoms with van der Waals surface area (Å²) >= 11 is 6.52. The third-order valence-electron chi connectivity index (χ3n) is 2.39. The standard InChI is InChI=1S/C12H8ClNO4S/c1-18-12(17)8-9(14-19-10(8)11(15)16)6-2-4-7(13)5-3-6/h2-5H,1H3,(H,15,16). The van der Waals surface area contributed by atoms with Crippen molar-refractivity contribution in [3.8, 4) is 11.3 Å². The largest absolute Gasteiger partial charge is 0.477 e. The lowest BCUT2D eigenvalue weighted by atomic mass is 10.1. The van der Waals surface area contributed by atoms with E-state index >= 15 is 0 Å². The Balaban J connectivity index is 2.60. The number of nitrogens with zero attached hydrogens (tertiary/aromatic N) is 1. The second kappa shape index (κ2) is 5.38. The Labute approximate surface area is 117 Å². The van der Waals surface area contributed by atoms with Gasteiger partial charge in [-0.15, -0.1) is 0 Å². The van der Waals surface area contributed by atoms with Crippen molar-refractivity contribution in [2.75, 3.05) is 7.11 Å². The number of aromatic carboxylic acids is 1. The molecule has 0 spiro atoms. The zero-order valence-electron chi connectivity index (χ0n) is 9.71. The van der Waals surface area contributed by atoms with Crippen LogP contribution in [0.2, 0.25) is 5.02 Å². The van der Waals surface area contributed by atoms with Crippen LogP contribution in [0.5, 0.6) is 0 Å². The lowest BCUT2D eigenvalue weighted by Gasteiger charge is -2.02. The van der Waals surface area contributed by atoms with E-state index < -0.39 is 11.9 Å². The van der Waals surface area contributed by atoms with Gasteiger partial charge in [0.15, 0.2) is 0 Å². The van der Waals surface area contributed by atoms with Crippen LogP contribution >= 0.6 is 23.1 Å². The maximum absolute atomic E-state index is 11.7. The van der Waals surface area contributed by atoms with Gasteiger partial charge in [0.2, 0.25) is 0 Å². The molecule has 0 aliphatic rings. The van der Waals surface area contributed by atoms with Crippen molar-refractivity contribution in [1.29, 1.82) is 0 Å². The Hall–Kier alpha value is -1.92. The minimum Gasteiger partial charge on any atom is -0.477 e. The number of halogens is 1. The number of aromatic nitrogens is 1. The van der Waals surface area contributed by atoms with Crippen LogP contribution in [0, 0.1) is 0 Å². The molecular weight excluding hydrogens is 290 g/mol.